The summed E-state index contributed by atoms with van der Waals surface area (Å²) in [7, 11) is 2.20. The highest BCUT2D eigenvalue weighted by Crippen LogP contribution is 2.19. The highest BCUT2D eigenvalue weighted by molar-refractivity contribution is 14.0. The Morgan fingerprint density at radius 2 is 2.00 bits per heavy atom. The highest BCUT2D eigenvalue weighted by atomic mass is 127. The van der Waals surface area contributed by atoms with Crippen molar-refractivity contribution in [1.29, 1.82) is 0 Å². The maximum Gasteiger partial charge on any atom is 0.191 e. The van der Waals surface area contributed by atoms with Crippen LogP contribution >= 0.6 is 24.0 Å². The number of rotatable bonds is 5. The molecule has 2 aliphatic rings. The maximum atomic E-state index is 4.85. The van der Waals surface area contributed by atoms with Crippen molar-refractivity contribution in [2.24, 2.45) is 16.8 Å². The lowest BCUT2D eigenvalue weighted by Crippen LogP contribution is -2.47. The topological polar surface area (TPSA) is 42.9 Å². The largest absolute Gasteiger partial charge is 0.357 e. The molecular formula is C17H36IN5. The quantitative estimate of drug-likeness (QED) is 0.392. The van der Waals surface area contributed by atoms with Crippen molar-refractivity contribution in [2.45, 2.75) is 46.2 Å². The Morgan fingerprint density at radius 1 is 1.26 bits per heavy atom. The zero-order valence-corrected chi connectivity index (χ0v) is 17.8. The van der Waals surface area contributed by atoms with Crippen LogP contribution < -0.4 is 10.6 Å². The first-order valence-corrected chi connectivity index (χ1v) is 8.97. The highest BCUT2D eigenvalue weighted by Gasteiger charge is 2.31. The fraction of sp³-hybridized carbons (Fsp3) is 0.941. The van der Waals surface area contributed by atoms with Gasteiger partial charge in [0, 0.05) is 44.8 Å². The molecular weight excluding hydrogens is 401 g/mol. The average Bonchev–Trinajstić information content (AvgIpc) is 3.03. The number of hydrogen-bond donors (Lipinski definition) is 2. The van der Waals surface area contributed by atoms with Crippen LogP contribution in [0.3, 0.4) is 0 Å². The summed E-state index contributed by atoms with van der Waals surface area (Å²) in [4.78, 5) is 9.80. The van der Waals surface area contributed by atoms with Crippen LogP contribution in [0.2, 0.25) is 0 Å². The van der Waals surface area contributed by atoms with Crippen LogP contribution in [0.4, 0.5) is 0 Å². The summed E-state index contributed by atoms with van der Waals surface area (Å²) in [6.07, 6.45) is 1.28. The lowest BCUT2D eigenvalue weighted by atomic mass is 10.1. The van der Waals surface area contributed by atoms with Crippen LogP contribution in [0.1, 0.15) is 34.1 Å². The molecule has 2 fully saturated rings. The zero-order chi connectivity index (χ0) is 16.1. The van der Waals surface area contributed by atoms with Gasteiger partial charge in [-0.3, -0.25) is 9.89 Å². The summed E-state index contributed by atoms with van der Waals surface area (Å²) in [6.45, 7) is 15.6. The van der Waals surface area contributed by atoms with Crippen molar-refractivity contribution < 1.29 is 0 Å². The molecule has 6 heteroatoms. The van der Waals surface area contributed by atoms with Gasteiger partial charge in [0.25, 0.3) is 0 Å². The van der Waals surface area contributed by atoms with Crippen molar-refractivity contribution in [3.8, 4) is 0 Å². The minimum Gasteiger partial charge on any atom is -0.357 e. The molecule has 3 atom stereocenters. The van der Waals surface area contributed by atoms with E-state index in [1.165, 1.54) is 26.1 Å². The summed E-state index contributed by atoms with van der Waals surface area (Å²) in [5.74, 6) is 2.39. The summed E-state index contributed by atoms with van der Waals surface area (Å²) < 4.78 is 0. The van der Waals surface area contributed by atoms with Crippen LogP contribution in [0, 0.1) is 11.8 Å². The van der Waals surface area contributed by atoms with Crippen molar-refractivity contribution >= 4 is 29.9 Å². The minimum absolute atomic E-state index is 0. The van der Waals surface area contributed by atoms with Gasteiger partial charge < -0.3 is 15.5 Å². The molecule has 2 rings (SSSR count). The van der Waals surface area contributed by atoms with E-state index >= 15 is 0 Å². The number of aliphatic imine (C=N–C) groups is 1. The fourth-order valence-electron chi connectivity index (χ4n) is 3.51. The predicted octanol–water partition coefficient (Wildman–Crippen LogP) is 1.84. The predicted molar refractivity (Wildman–Crippen MR) is 110 cm³/mol. The Balaban J connectivity index is 0.00000264. The van der Waals surface area contributed by atoms with E-state index in [0.717, 1.165) is 25.6 Å². The second-order valence-corrected chi connectivity index (χ2v) is 7.41. The van der Waals surface area contributed by atoms with Gasteiger partial charge in [0.15, 0.2) is 5.96 Å². The molecule has 0 radical (unpaired) electrons. The Kier molecular flexibility index (Phi) is 9.15. The van der Waals surface area contributed by atoms with E-state index in [1.807, 2.05) is 0 Å². The van der Waals surface area contributed by atoms with Gasteiger partial charge in [0.2, 0.25) is 0 Å². The molecule has 3 unspecified atom stereocenters. The van der Waals surface area contributed by atoms with Gasteiger partial charge >= 0.3 is 0 Å². The summed E-state index contributed by atoms with van der Waals surface area (Å²) >= 11 is 0. The van der Waals surface area contributed by atoms with Crippen LogP contribution in [0.25, 0.3) is 0 Å². The van der Waals surface area contributed by atoms with Crippen molar-refractivity contribution in [2.75, 3.05) is 46.3 Å². The van der Waals surface area contributed by atoms with Gasteiger partial charge in [0.05, 0.1) is 0 Å². The maximum absolute atomic E-state index is 4.85. The van der Waals surface area contributed by atoms with Crippen LogP contribution in [-0.4, -0.2) is 74.2 Å². The normalized spacial score (nSPS) is 29.8. The number of halogens is 1. The lowest BCUT2D eigenvalue weighted by molar-refractivity contribution is 0.265. The minimum atomic E-state index is 0. The third kappa shape index (κ3) is 6.38. The molecule has 2 heterocycles. The Labute approximate surface area is 159 Å². The first-order valence-electron chi connectivity index (χ1n) is 8.97. The second-order valence-electron chi connectivity index (χ2n) is 7.41. The molecule has 0 saturated carbocycles. The van der Waals surface area contributed by atoms with Gasteiger partial charge in [-0.25, -0.2) is 0 Å². The Hall–Kier alpha value is -0.0800. The van der Waals surface area contributed by atoms with E-state index in [1.54, 1.807) is 0 Å². The zero-order valence-electron chi connectivity index (χ0n) is 15.5. The molecule has 0 spiro atoms. The molecule has 2 aliphatic heterocycles. The Morgan fingerprint density at radius 3 is 2.52 bits per heavy atom. The fourth-order valence-corrected chi connectivity index (χ4v) is 3.51. The standard InChI is InChI=1S/C17H35N5.HI/c1-6-18-17(19-9-15-7-8-21(5)11-15)20-16-12-22(13(2)3)10-14(16)4;/h13-16H,6-12H2,1-5H3,(H2,18,19,20);1H. The van der Waals surface area contributed by atoms with Crippen molar-refractivity contribution in [3.05, 3.63) is 0 Å². The van der Waals surface area contributed by atoms with E-state index in [4.69, 9.17) is 4.99 Å². The van der Waals surface area contributed by atoms with Crippen LogP contribution in [0.15, 0.2) is 4.99 Å². The molecule has 0 amide bonds. The molecule has 0 aromatic rings. The molecule has 0 aromatic carbocycles. The van der Waals surface area contributed by atoms with E-state index in [-0.39, 0.29) is 24.0 Å². The molecule has 2 N–H and O–H groups in total. The lowest BCUT2D eigenvalue weighted by Gasteiger charge is -2.22. The molecule has 5 nitrogen and oxygen atoms in total. The first-order chi connectivity index (χ1) is 10.5. The van der Waals surface area contributed by atoms with Gasteiger partial charge in [-0.1, -0.05) is 6.92 Å². The smallest absolute Gasteiger partial charge is 0.191 e. The number of nitrogens with zero attached hydrogens (tertiary/aromatic N) is 3. The summed E-state index contributed by atoms with van der Waals surface area (Å²) in [5.41, 5.74) is 0. The third-order valence-corrected chi connectivity index (χ3v) is 5.03. The number of guanidine groups is 1. The summed E-state index contributed by atoms with van der Waals surface area (Å²) in [5, 5.41) is 7.09. The Bertz CT molecular complexity index is 374. The average molecular weight is 437 g/mol. The summed E-state index contributed by atoms with van der Waals surface area (Å²) in [6, 6.07) is 1.13. The molecule has 0 aromatic heterocycles. The van der Waals surface area contributed by atoms with E-state index in [0.29, 0.717) is 23.9 Å². The van der Waals surface area contributed by atoms with Crippen molar-refractivity contribution in [1.82, 2.24) is 20.4 Å². The molecule has 0 bridgehead atoms. The number of likely N-dealkylation sites (tertiary alicyclic amines) is 2. The monoisotopic (exact) mass is 437 g/mol. The number of hydrogen-bond acceptors (Lipinski definition) is 3. The van der Waals surface area contributed by atoms with Gasteiger partial charge in [-0.2, -0.15) is 0 Å². The molecule has 2 saturated heterocycles. The van der Waals surface area contributed by atoms with Crippen LogP contribution in [0.5, 0.6) is 0 Å². The molecule has 23 heavy (non-hydrogen) atoms. The van der Waals surface area contributed by atoms with E-state index in [2.05, 4.69) is 55.2 Å². The van der Waals surface area contributed by atoms with Gasteiger partial charge in [-0.05, 0) is 52.6 Å². The third-order valence-electron chi connectivity index (χ3n) is 5.03. The first kappa shape index (κ1) is 21.0. The SMILES string of the molecule is CCNC(=NCC1CCN(C)C1)NC1CN(C(C)C)CC1C.I. The second kappa shape index (κ2) is 10.0. The van der Waals surface area contributed by atoms with Crippen LogP contribution in [-0.2, 0) is 0 Å². The molecule has 136 valence electrons. The van der Waals surface area contributed by atoms with Crippen molar-refractivity contribution in [3.63, 3.8) is 0 Å². The van der Waals surface area contributed by atoms with E-state index in [9.17, 15) is 0 Å². The number of nitrogens with one attached hydrogen (secondary N) is 2. The van der Waals surface area contributed by atoms with Gasteiger partial charge in [0.1, 0.15) is 0 Å². The van der Waals surface area contributed by atoms with E-state index < -0.39 is 0 Å². The molecule has 0 aliphatic carbocycles. The van der Waals surface area contributed by atoms with Gasteiger partial charge in [-0.15, -0.1) is 24.0 Å².